The Bertz CT molecular complexity index is 378. The van der Waals surface area contributed by atoms with Crippen LogP contribution in [0.15, 0.2) is 12.3 Å². The summed E-state index contributed by atoms with van der Waals surface area (Å²) in [5, 5.41) is 0. The SMILES string of the molecule is C#CCN(CC1CC1)c1ccnc(N)n1. The first-order chi connectivity index (χ1) is 7.29. The molecule has 1 saturated carbocycles. The Labute approximate surface area is 89.5 Å². The average Bonchev–Trinajstić information content (AvgIpc) is 3.01. The van der Waals surface area contributed by atoms with Crippen molar-refractivity contribution in [1.82, 2.24) is 9.97 Å². The van der Waals surface area contributed by atoms with E-state index in [0.717, 1.165) is 18.3 Å². The van der Waals surface area contributed by atoms with E-state index in [9.17, 15) is 0 Å². The normalized spacial score (nSPS) is 14.6. The predicted octanol–water partition coefficient (Wildman–Crippen LogP) is 0.908. The van der Waals surface area contributed by atoms with Crippen molar-refractivity contribution in [3.63, 3.8) is 0 Å². The van der Waals surface area contributed by atoms with Crippen LogP contribution in [-0.2, 0) is 0 Å². The molecule has 0 aromatic carbocycles. The molecule has 1 heterocycles. The number of nitrogens with zero attached hydrogens (tertiary/aromatic N) is 3. The topological polar surface area (TPSA) is 55.0 Å². The molecule has 0 unspecified atom stereocenters. The number of rotatable bonds is 4. The molecule has 2 rings (SSSR count). The van der Waals surface area contributed by atoms with Crippen molar-refractivity contribution >= 4 is 11.8 Å². The molecule has 0 bridgehead atoms. The number of hydrogen-bond donors (Lipinski definition) is 1. The van der Waals surface area contributed by atoms with Gasteiger partial charge < -0.3 is 10.6 Å². The fourth-order valence-electron chi connectivity index (χ4n) is 1.50. The van der Waals surface area contributed by atoms with E-state index in [0.29, 0.717) is 12.5 Å². The predicted molar refractivity (Wildman–Crippen MR) is 60.2 cm³/mol. The van der Waals surface area contributed by atoms with Gasteiger partial charge in [-0.15, -0.1) is 6.42 Å². The fraction of sp³-hybridized carbons (Fsp3) is 0.455. The van der Waals surface area contributed by atoms with Crippen LogP contribution in [0.2, 0.25) is 0 Å². The maximum Gasteiger partial charge on any atom is 0.221 e. The van der Waals surface area contributed by atoms with Gasteiger partial charge in [-0.05, 0) is 24.8 Å². The van der Waals surface area contributed by atoms with Gasteiger partial charge in [-0.1, -0.05) is 5.92 Å². The van der Waals surface area contributed by atoms with Gasteiger partial charge in [0.25, 0.3) is 0 Å². The van der Waals surface area contributed by atoms with E-state index in [1.54, 1.807) is 6.20 Å². The molecule has 1 aliphatic rings. The number of anilines is 2. The third-order valence-electron chi connectivity index (χ3n) is 2.44. The quantitative estimate of drug-likeness (QED) is 0.737. The molecule has 0 spiro atoms. The lowest BCUT2D eigenvalue weighted by molar-refractivity contribution is 0.754. The molecule has 2 N–H and O–H groups in total. The van der Waals surface area contributed by atoms with E-state index < -0.39 is 0 Å². The third-order valence-corrected chi connectivity index (χ3v) is 2.44. The third kappa shape index (κ3) is 2.59. The maximum absolute atomic E-state index is 5.54. The van der Waals surface area contributed by atoms with E-state index in [1.807, 2.05) is 6.07 Å². The maximum atomic E-state index is 5.54. The van der Waals surface area contributed by atoms with Gasteiger partial charge in [0.05, 0.1) is 6.54 Å². The second-order valence-corrected chi connectivity index (χ2v) is 3.80. The highest BCUT2D eigenvalue weighted by atomic mass is 15.2. The first-order valence-electron chi connectivity index (χ1n) is 5.06. The molecule has 0 atom stereocenters. The molecule has 4 heteroatoms. The van der Waals surface area contributed by atoms with Crippen molar-refractivity contribution in [2.45, 2.75) is 12.8 Å². The Morgan fingerprint density at radius 1 is 1.60 bits per heavy atom. The van der Waals surface area contributed by atoms with E-state index >= 15 is 0 Å². The van der Waals surface area contributed by atoms with Crippen LogP contribution in [0.3, 0.4) is 0 Å². The summed E-state index contributed by atoms with van der Waals surface area (Å²) in [6.07, 6.45) is 9.58. The van der Waals surface area contributed by atoms with Gasteiger partial charge in [-0.2, -0.15) is 4.98 Å². The molecular weight excluding hydrogens is 188 g/mol. The molecule has 78 valence electrons. The lowest BCUT2D eigenvalue weighted by Gasteiger charge is -2.20. The number of aromatic nitrogens is 2. The monoisotopic (exact) mass is 202 g/mol. The van der Waals surface area contributed by atoms with Crippen molar-refractivity contribution in [2.24, 2.45) is 5.92 Å². The zero-order valence-electron chi connectivity index (χ0n) is 8.56. The van der Waals surface area contributed by atoms with Gasteiger partial charge >= 0.3 is 0 Å². The molecule has 0 aliphatic heterocycles. The molecular formula is C11H14N4. The molecule has 15 heavy (non-hydrogen) atoms. The summed E-state index contributed by atoms with van der Waals surface area (Å²) < 4.78 is 0. The van der Waals surface area contributed by atoms with Crippen LogP contribution in [0.1, 0.15) is 12.8 Å². The van der Waals surface area contributed by atoms with Crippen LogP contribution < -0.4 is 10.6 Å². The highest BCUT2D eigenvalue weighted by Gasteiger charge is 2.24. The minimum Gasteiger partial charge on any atom is -0.368 e. The van der Waals surface area contributed by atoms with Gasteiger partial charge in [-0.25, -0.2) is 4.98 Å². The first kappa shape index (κ1) is 9.78. The van der Waals surface area contributed by atoms with Gasteiger partial charge in [-0.3, -0.25) is 0 Å². The standard InChI is InChI=1S/C11H14N4/c1-2-7-15(8-9-3-4-9)10-5-6-13-11(12)14-10/h1,5-6,9H,3-4,7-8H2,(H2,12,13,14). The van der Waals surface area contributed by atoms with Crippen LogP contribution >= 0.6 is 0 Å². The Kier molecular flexibility index (Phi) is 2.72. The second-order valence-electron chi connectivity index (χ2n) is 3.80. The van der Waals surface area contributed by atoms with Gasteiger partial charge in [0, 0.05) is 12.7 Å². The minimum atomic E-state index is 0.297. The first-order valence-corrected chi connectivity index (χ1v) is 5.06. The van der Waals surface area contributed by atoms with Crippen LogP contribution in [0.4, 0.5) is 11.8 Å². The van der Waals surface area contributed by atoms with Crippen molar-refractivity contribution < 1.29 is 0 Å². The van der Waals surface area contributed by atoms with E-state index in [4.69, 9.17) is 12.2 Å². The summed E-state index contributed by atoms with van der Waals surface area (Å²) in [6, 6.07) is 1.84. The van der Waals surface area contributed by atoms with Crippen molar-refractivity contribution in [1.29, 1.82) is 0 Å². The zero-order chi connectivity index (χ0) is 10.7. The molecule has 1 aromatic rings. The molecule has 0 radical (unpaired) electrons. The number of hydrogen-bond acceptors (Lipinski definition) is 4. The number of nitrogens with two attached hydrogens (primary N) is 1. The van der Waals surface area contributed by atoms with E-state index in [1.165, 1.54) is 12.8 Å². The number of terminal acetylenes is 1. The summed E-state index contributed by atoms with van der Waals surface area (Å²) in [6.45, 7) is 1.55. The highest BCUT2D eigenvalue weighted by Crippen LogP contribution is 2.30. The fourth-order valence-corrected chi connectivity index (χ4v) is 1.50. The van der Waals surface area contributed by atoms with Crippen LogP contribution in [0.25, 0.3) is 0 Å². The Morgan fingerprint density at radius 3 is 3.00 bits per heavy atom. The number of nitrogen functional groups attached to an aromatic ring is 1. The summed E-state index contributed by atoms with van der Waals surface area (Å²) in [7, 11) is 0. The molecule has 4 nitrogen and oxygen atoms in total. The van der Waals surface area contributed by atoms with Gasteiger partial charge in [0.15, 0.2) is 0 Å². The van der Waals surface area contributed by atoms with Gasteiger partial charge in [0.1, 0.15) is 5.82 Å². The highest BCUT2D eigenvalue weighted by molar-refractivity contribution is 5.42. The van der Waals surface area contributed by atoms with Crippen LogP contribution in [0.5, 0.6) is 0 Å². The summed E-state index contributed by atoms with van der Waals surface area (Å²) in [4.78, 5) is 10.1. The molecule has 0 saturated heterocycles. The van der Waals surface area contributed by atoms with E-state index in [-0.39, 0.29) is 0 Å². The Hall–Kier alpha value is -1.76. The molecule has 1 aliphatic carbocycles. The second kappa shape index (κ2) is 4.18. The van der Waals surface area contributed by atoms with Crippen LogP contribution in [-0.4, -0.2) is 23.1 Å². The smallest absolute Gasteiger partial charge is 0.221 e. The average molecular weight is 202 g/mol. The summed E-state index contributed by atoms with van der Waals surface area (Å²) in [5.74, 6) is 4.54. The van der Waals surface area contributed by atoms with Crippen molar-refractivity contribution in [3.8, 4) is 12.3 Å². The van der Waals surface area contributed by atoms with Crippen LogP contribution in [0, 0.1) is 18.3 Å². The zero-order valence-corrected chi connectivity index (χ0v) is 8.56. The Morgan fingerprint density at radius 2 is 2.40 bits per heavy atom. The minimum absolute atomic E-state index is 0.297. The van der Waals surface area contributed by atoms with E-state index in [2.05, 4.69) is 20.8 Å². The summed E-state index contributed by atoms with van der Waals surface area (Å²) in [5.41, 5.74) is 5.54. The van der Waals surface area contributed by atoms with Crippen molar-refractivity contribution in [3.05, 3.63) is 12.3 Å². The Balaban J connectivity index is 2.11. The van der Waals surface area contributed by atoms with Gasteiger partial charge in [0.2, 0.25) is 5.95 Å². The molecule has 1 aromatic heterocycles. The largest absolute Gasteiger partial charge is 0.368 e. The summed E-state index contributed by atoms with van der Waals surface area (Å²) >= 11 is 0. The molecule has 1 fully saturated rings. The lowest BCUT2D eigenvalue weighted by Crippen LogP contribution is -2.27. The molecule has 0 amide bonds. The van der Waals surface area contributed by atoms with Crippen molar-refractivity contribution in [2.75, 3.05) is 23.7 Å². The lowest BCUT2D eigenvalue weighted by atomic mass is 10.3.